The molecule has 0 aromatic carbocycles. The fourth-order valence-electron chi connectivity index (χ4n) is 1.29. The molecule has 1 N–H and O–H groups in total. The molecule has 0 aliphatic heterocycles. The third-order valence-electron chi connectivity index (χ3n) is 2.41. The third-order valence-corrected chi connectivity index (χ3v) is 2.41. The molecule has 0 saturated heterocycles. The lowest BCUT2D eigenvalue weighted by Crippen LogP contribution is -2.61. The summed E-state index contributed by atoms with van der Waals surface area (Å²) in [6.45, 7) is 0. The van der Waals surface area contributed by atoms with E-state index in [9.17, 15) is 26.3 Å². The molecular formula is C7H8F6O. The second-order valence-electron chi connectivity index (χ2n) is 3.41. The van der Waals surface area contributed by atoms with Crippen molar-refractivity contribution in [3.05, 3.63) is 0 Å². The first-order chi connectivity index (χ1) is 6.11. The van der Waals surface area contributed by atoms with Crippen LogP contribution in [0.3, 0.4) is 0 Å². The molecule has 0 bridgehead atoms. The standard InChI is InChI=1S/C7H8F6O/c8-4(7(11,12)13)6(9,10)5(14)2-1-3-5/h4,14H,1-3H2. The largest absolute Gasteiger partial charge is 0.425 e. The highest BCUT2D eigenvalue weighted by molar-refractivity contribution is 5.04. The van der Waals surface area contributed by atoms with E-state index in [1.165, 1.54) is 0 Å². The third kappa shape index (κ3) is 1.57. The number of hydrogen-bond acceptors (Lipinski definition) is 1. The van der Waals surface area contributed by atoms with Gasteiger partial charge in [0.1, 0.15) is 5.60 Å². The Bertz CT molecular complexity index is 219. The van der Waals surface area contributed by atoms with Crippen molar-refractivity contribution >= 4 is 0 Å². The highest BCUT2D eigenvalue weighted by atomic mass is 19.4. The molecule has 7 heteroatoms. The number of alkyl halides is 6. The van der Waals surface area contributed by atoms with E-state index in [0.29, 0.717) is 0 Å². The second-order valence-corrected chi connectivity index (χ2v) is 3.41. The van der Waals surface area contributed by atoms with Gasteiger partial charge in [0.25, 0.3) is 6.17 Å². The van der Waals surface area contributed by atoms with Crippen molar-refractivity contribution in [2.45, 2.75) is 43.1 Å². The van der Waals surface area contributed by atoms with Crippen molar-refractivity contribution < 1.29 is 31.4 Å². The quantitative estimate of drug-likeness (QED) is 0.711. The Balaban J connectivity index is 2.84. The Morgan fingerprint density at radius 2 is 1.50 bits per heavy atom. The lowest BCUT2D eigenvalue weighted by molar-refractivity contribution is -0.308. The molecule has 84 valence electrons. The first-order valence-electron chi connectivity index (χ1n) is 3.92. The zero-order valence-electron chi connectivity index (χ0n) is 6.91. The molecule has 1 rings (SSSR count). The van der Waals surface area contributed by atoms with Crippen LogP contribution in [0.25, 0.3) is 0 Å². The molecule has 1 saturated carbocycles. The van der Waals surface area contributed by atoms with E-state index >= 15 is 0 Å². The SMILES string of the molecule is OC1(C(F)(F)C(F)C(F)(F)F)CCC1. The van der Waals surface area contributed by atoms with Crippen molar-refractivity contribution in [1.82, 2.24) is 0 Å². The molecule has 1 aliphatic carbocycles. The van der Waals surface area contributed by atoms with Gasteiger partial charge in [0, 0.05) is 0 Å². The molecule has 0 spiro atoms. The zero-order chi connectivity index (χ0) is 11.2. The molecule has 0 heterocycles. The van der Waals surface area contributed by atoms with Crippen LogP contribution >= 0.6 is 0 Å². The first kappa shape index (κ1) is 11.6. The number of hydrogen-bond donors (Lipinski definition) is 1. The smallest absolute Gasteiger partial charge is 0.383 e. The summed E-state index contributed by atoms with van der Waals surface area (Å²) in [5, 5.41) is 8.98. The Morgan fingerprint density at radius 1 is 1.07 bits per heavy atom. The van der Waals surface area contributed by atoms with Crippen LogP contribution in [0.5, 0.6) is 0 Å². The van der Waals surface area contributed by atoms with Gasteiger partial charge in [0.2, 0.25) is 0 Å². The average Bonchev–Trinajstić information content (AvgIpc) is 1.96. The summed E-state index contributed by atoms with van der Waals surface area (Å²) in [4.78, 5) is 0. The van der Waals surface area contributed by atoms with Gasteiger partial charge in [-0.15, -0.1) is 0 Å². The van der Waals surface area contributed by atoms with Crippen LogP contribution < -0.4 is 0 Å². The molecule has 1 fully saturated rings. The highest BCUT2D eigenvalue weighted by Crippen LogP contribution is 2.50. The summed E-state index contributed by atoms with van der Waals surface area (Å²) in [6, 6.07) is 0. The predicted molar refractivity (Wildman–Crippen MR) is 34.7 cm³/mol. The van der Waals surface area contributed by atoms with Gasteiger partial charge in [-0.3, -0.25) is 0 Å². The van der Waals surface area contributed by atoms with Gasteiger partial charge < -0.3 is 5.11 Å². The fourth-order valence-corrected chi connectivity index (χ4v) is 1.29. The Morgan fingerprint density at radius 3 is 1.71 bits per heavy atom. The summed E-state index contributed by atoms with van der Waals surface area (Å²) < 4.78 is 73.0. The van der Waals surface area contributed by atoms with Crippen molar-refractivity contribution in [3.63, 3.8) is 0 Å². The molecule has 1 atom stereocenters. The summed E-state index contributed by atoms with van der Waals surface area (Å²) in [6.07, 6.45) is -10.8. The molecule has 0 radical (unpaired) electrons. The number of halogens is 6. The highest BCUT2D eigenvalue weighted by Gasteiger charge is 2.68. The first-order valence-corrected chi connectivity index (χ1v) is 3.92. The van der Waals surface area contributed by atoms with E-state index in [2.05, 4.69) is 0 Å². The Kier molecular flexibility index (Phi) is 2.50. The van der Waals surface area contributed by atoms with Gasteiger partial charge in [-0.1, -0.05) is 0 Å². The molecule has 1 aliphatic rings. The van der Waals surface area contributed by atoms with Crippen LogP contribution in [0, 0.1) is 0 Å². The molecular weight excluding hydrogens is 214 g/mol. The Labute approximate surface area is 75.7 Å². The maximum absolute atomic E-state index is 12.8. The van der Waals surface area contributed by atoms with Crippen molar-refractivity contribution in [2.24, 2.45) is 0 Å². The van der Waals surface area contributed by atoms with E-state index in [1.807, 2.05) is 0 Å². The minimum Gasteiger partial charge on any atom is -0.383 e. The average molecular weight is 222 g/mol. The predicted octanol–water partition coefficient (Wildman–Crippen LogP) is 2.44. The van der Waals surface area contributed by atoms with Crippen LogP contribution in [0.4, 0.5) is 26.3 Å². The normalized spacial score (nSPS) is 24.2. The fraction of sp³-hybridized carbons (Fsp3) is 1.00. The topological polar surface area (TPSA) is 20.2 Å². The van der Waals surface area contributed by atoms with Crippen molar-refractivity contribution in [3.8, 4) is 0 Å². The van der Waals surface area contributed by atoms with Gasteiger partial charge in [-0.05, 0) is 19.3 Å². The van der Waals surface area contributed by atoms with Crippen molar-refractivity contribution in [1.29, 1.82) is 0 Å². The monoisotopic (exact) mass is 222 g/mol. The molecule has 1 unspecified atom stereocenters. The summed E-state index contributed by atoms with van der Waals surface area (Å²) >= 11 is 0. The van der Waals surface area contributed by atoms with E-state index in [-0.39, 0.29) is 6.42 Å². The van der Waals surface area contributed by atoms with Crippen LogP contribution in [0.15, 0.2) is 0 Å². The van der Waals surface area contributed by atoms with E-state index in [1.54, 1.807) is 0 Å². The molecule has 14 heavy (non-hydrogen) atoms. The van der Waals surface area contributed by atoms with Gasteiger partial charge >= 0.3 is 12.1 Å². The maximum Gasteiger partial charge on any atom is 0.425 e. The lowest BCUT2D eigenvalue weighted by Gasteiger charge is -2.43. The van der Waals surface area contributed by atoms with Crippen molar-refractivity contribution in [2.75, 3.05) is 0 Å². The second kappa shape index (κ2) is 3.01. The van der Waals surface area contributed by atoms with Crippen LogP contribution in [0.2, 0.25) is 0 Å². The van der Waals surface area contributed by atoms with Gasteiger partial charge in [-0.25, -0.2) is 4.39 Å². The maximum atomic E-state index is 12.8. The number of aliphatic hydroxyl groups is 1. The van der Waals surface area contributed by atoms with Crippen LogP contribution in [-0.2, 0) is 0 Å². The number of rotatable bonds is 2. The minimum absolute atomic E-state index is 0.177. The lowest BCUT2D eigenvalue weighted by atomic mass is 9.74. The molecule has 0 amide bonds. The summed E-state index contributed by atoms with van der Waals surface area (Å²) in [5.41, 5.74) is -2.83. The molecule has 1 nitrogen and oxygen atoms in total. The van der Waals surface area contributed by atoms with Crippen LogP contribution in [0.1, 0.15) is 19.3 Å². The summed E-state index contributed by atoms with van der Waals surface area (Å²) in [7, 11) is 0. The molecule has 0 aromatic rings. The zero-order valence-corrected chi connectivity index (χ0v) is 6.91. The van der Waals surface area contributed by atoms with Crippen LogP contribution in [-0.4, -0.2) is 29.0 Å². The van der Waals surface area contributed by atoms with E-state index in [4.69, 9.17) is 5.11 Å². The van der Waals surface area contributed by atoms with E-state index < -0.39 is 36.7 Å². The Hall–Kier alpha value is -0.460. The van der Waals surface area contributed by atoms with Gasteiger partial charge in [-0.2, -0.15) is 22.0 Å². The van der Waals surface area contributed by atoms with Gasteiger partial charge in [0.05, 0.1) is 0 Å². The van der Waals surface area contributed by atoms with Gasteiger partial charge in [0.15, 0.2) is 0 Å². The molecule has 0 aromatic heterocycles. The minimum atomic E-state index is -5.64. The summed E-state index contributed by atoms with van der Waals surface area (Å²) in [5.74, 6) is -4.76. The van der Waals surface area contributed by atoms with E-state index in [0.717, 1.165) is 0 Å².